The highest BCUT2D eigenvalue weighted by atomic mass is 32.2. The molecule has 5 rings (SSSR count). The van der Waals surface area contributed by atoms with Crippen LogP contribution in [0.2, 0.25) is 0 Å². The molecule has 0 unspecified atom stereocenters. The molecule has 0 bridgehead atoms. The van der Waals surface area contributed by atoms with E-state index in [1.165, 1.54) is 10.4 Å². The molecular weight excluding hydrogens is 483 g/mol. The number of hydrogen-bond acceptors (Lipinski definition) is 5. The smallest absolute Gasteiger partial charge is 0.228 e. The van der Waals surface area contributed by atoms with Crippen molar-refractivity contribution in [3.05, 3.63) is 71.0 Å². The SMILES string of the molecule is C[C@H]1CC[C@H](c2ccccc2)S(=O)(=O)N1Cc1ccc(C2(C(N)=O)CCC3(CC2)OCCO3)cc1F. The van der Waals surface area contributed by atoms with E-state index in [0.717, 1.165) is 5.56 Å². The molecule has 2 aliphatic heterocycles. The number of carbonyl (C=O) groups is 1. The molecule has 2 N–H and O–H groups in total. The summed E-state index contributed by atoms with van der Waals surface area (Å²) in [6.45, 7) is 2.84. The van der Waals surface area contributed by atoms with E-state index in [9.17, 15) is 13.2 Å². The second-order valence-corrected chi connectivity index (χ2v) is 12.3. The first kappa shape index (κ1) is 25.3. The van der Waals surface area contributed by atoms with E-state index in [4.69, 9.17) is 15.2 Å². The summed E-state index contributed by atoms with van der Waals surface area (Å²) in [4.78, 5) is 12.6. The van der Waals surface area contributed by atoms with Gasteiger partial charge < -0.3 is 15.2 Å². The van der Waals surface area contributed by atoms with Crippen molar-refractivity contribution in [3.63, 3.8) is 0 Å². The fourth-order valence-electron chi connectivity index (χ4n) is 6.01. The fourth-order valence-corrected chi connectivity index (χ4v) is 8.20. The topological polar surface area (TPSA) is 98.9 Å². The van der Waals surface area contributed by atoms with Gasteiger partial charge in [-0.25, -0.2) is 12.8 Å². The van der Waals surface area contributed by atoms with Crippen LogP contribution in [0.5, 0.6) is 0 Å². The van der Waals surface area contributed by atoms with Gasteiger partial charge in [0.05, 0.1) is 18.6 Å². The van der Waals surface area contributed by atoms with Gasteiger partial charge in [-0.1, -0.05) is 42.5 Å². The minimum Gasteiger partial charge on any atom is -0.369 e. The van der Waals surface area contributed by atoms with Crippen molar-refractivity contribution in [3.8, 4) is 0 Å². The standard InChI is InChI=1S/C27H33FN2O5S/c1-19-7-10-24(20-5-3-2-4-6-20)36(32,33)30(19)18-21-8-9-22(17-23(21)28)26(25(29)31)11-13-27(14-12-26)34-15-16-35-27/h2-6,8-9,17,19,24H,7,10-16,18H2,1H3,(H2,29,31)/t19-,24+/m0/s1. The van der Waals surface area contributed by atoms with Crippen LogP contribution in [0.1, 0.15) is 67.4 Å². The van der Waals surface area contributed by atoms with Crippen molar-refractivity contribution in [2.24, 2.45) is 5.73 Å². The second kappa shape index (κ2) is 9.52. The van der Waals surface area contributed by atoms with Gasteiger partial charge in [-0.3, -0.25) is 4.79 Å². The number of rotatable bonds is 5. The number of ether oxygens (including phenoxy) is 2. The minimum absolute atomic E-state index is 0.0622. The maximum absolute atomic E-state index is 15.5. The van der Waals surface area contributed by atoms with Gasteiger partial charge in [0.25, 0.3) is 0 Å². The maximum Gasteiger partial charge on any atom is 0.228 e. The summed E-state index contributed by atoms with van der Waals surface area (Å²) in [5, 5.41) is -0.648. The number of primary amides is 1. The fraction of sp³-hybridized carbons (Fsp3) is 0.519. The number of nitrogens with two attached hydrogens (primary N) is 1. The molecule has 3 aliphatic rings. The van der Waals surface area contributed by atoms with E-state index < -0.39 is 38.2 Å². The summed E-state index contributed by atoms with van der Waals surface area (Å²) in [6.07, 6.45) is 3.03. The quantitative estimate of drug-likeness (QED) is 0.650. The predicted molar refractivity (Wildman–Crippen MR) is 133 cm³/mol. The maximum atomic E-state index is 15.5. The lowest BCUT2D eigenvalue weighted by Crippen LogP contribution is -2.49. The summed E-state index contributed by atoms with van der Waals surface area (Å²) in [6, 6.07) is 13.6. The van der Waals surface area contributed by atoms with Crippen LogP contribution in [0.4, 0.5) is 4.39 Å². The number of nitrogens with zero attached hydrogens (tertiary/aromatic N) is 1. The molecule has 2 aromatic carbocycles. The summed E-state index contributed by atoms with van der Waals surface area (Å²) >= 11 is 0. The molecule has 36 heavy (non-hydrogen) atoms. The van der Waals surface area contributed by atoms with Crippen LogP contribution in [0, 0.1) is 5.82 Å². The van der Waals surface area contributed by atoms with Crippen molar-refractivity contribution in [2.75, 3.05) is 13.2 Å². The van der Waals surface area contributed by atoms with Crippen LogP contribution in [0.3, 0.4) is 0 Å². The normalized spacial score (nSPS) is 27.2. The Morgan fingerprint density at radius 1 is 1.06 bits per heavy atom. The Hall–Kier alpha value is -2.33. The van der Waals surface area contributed by atoms with Crippen molar-refractivity contribution in [1.82, 2.24) is 4.31 Å². The highest BCUT2D eigenvalue weighted by Gasteiger charge is 2.50. The summed E-state index contributed by atoms with van der Waals surface area (Å²) < 4.78 is 55.5. The number of benzene rings is 2. The average molecular weight is 517 g/mol. The Labute approximate surface area is 211 Å². The number of hydrogen-bond donors (Lipinski definition) is 1. The summed E-state index contributed by atoms with van der Waals surface area (Å²) in [7, 11) is -3.69. The largest absolute Gasteiger partial charge is 0.369 e. The molecule has 1 amide bonds. The van der Waals surface area contributed by atoms with Crippen LogP contribution in [0.25, 0.3) is 0 Å². The van der Waals surface area contributed by atoms with Crippen molar-refractivity contribution < 1.29 is 27.1 Å². The Bertz CT molecular complexity index is 1220. The van der Waals surface area contributed by atoms with Crippen LogP contribution < -0.4 is 5.73 Å². The average Bonchev–Trinajstić information content (AvgIpc) is 3.31. The summed E-state index contributed by atoms with van der Waals surface area (Å²) in [5.41, 5.74) is 6.38. The molecule has 2 heterocycles. The van der Waals surface area contributed by atoms with Gasteiger partial charge in [0.2, 0.25) is 15.9 Å². The molecule has 194 valence electrons. The highest BCUT2D eigenvalue weighted by Crippen LogP contribution is 2.47. The number of halogens is 1. The van der Waals surface area contributed by atoms with Gasteiger partial charge >= 0.3 is 0 Å². The molecule has 7 nitrogen and oxygen atoms in total. The van der Waals surface area contributed by atoms with E-state index >= 15 is 4.39 Å². The third-order valence-corrected chi connectivity index (χ3v) is 10.6. The van der Waals surface area contributed by atoms with Crippen LogP contribution in [-0.4, -0.2) is 43.7 Å². The van der Waals surface area contributed by atoms with Crippen molar-refractivity contribution >= 4 is 15.9 Å². The molecule has 2 atom stereocenters. The van der Waals surface area contributed by atoms with Gasteiger partial charge in [-0.2, -0.15) is 4.31 Å². The van der Waals surface area contributed by atoms with E-state index in [0.29, 0.717) is 57.3 Å². The van der Waals surface area contributed by atoms with Gasteiger partial charge in [-0.05, 0) is 49.8 Å². The monoisotopic (exact) mass is 516 g/mol. The van der Waals surface area contributed by atoms with Crippen LogP contribution in [-0.2, 0) is 36.3 Å². The van der Waals surface area contributed by atoms with Crippen LogP contribution in [0.15, 0.2) is 48.5 Å². The number of carbonyl (C=O) groups excluding carboxylic acids is 1. The third kappa shape index (κ3) is 4.36. The molecule has 9 heteroatoms. The zero-order chi connectivity index (χ0) is 25.6. The van der Waals surface area contributed by atoms with Gasteiger partial charge in [0.1, 0.15) is 11.1 Å². The number of sulfonamides is 1. The Morgan fingerprint density at radius 3 is 2.33 bits per heavy atom. The first-order valence-corrected chi connectivity index (χ1v) is 14.1. The van der Waals surface area contributed by atoms with E-state index in [-0.39, 0.29) is 18.2 Å². The lowest BCUT2D eigenvalue weighted by atomic mass is 9.67. The van der Waals surface area contributed by atoms with Gasteiger partial charge in [-0.15, -0.1) is 0 Å². The van der Waals surface area contributed by atoms with Gasteiger partial charge in [0.15, 0.2) is 5.79 Å². The molecule has 2 aromatic rings. The van der Waals surface area contributed by atoms with Crippen molar-refractivity contribution in [2.45, 2.75) is 74.5 Å². The molecule has 1 aliphatic carbocycles. The molecular formula is C27H33FN2O5S. The Balaban J connectivity index is 1.39. The molecule has 2 saturated heterocycles. The first-order chi connectivity index (χ1) is 17.2. The molecule has 3 fully saturated rings. The second-order valence-electron chi connectivity index (χ2n) is 10.3. The zero-order valence-electron chi connectivity index (χ0n) is 20.5. The molecule has 0 radical (unpaired) electrons. The first-order valence-electron chi connectivity index (χ1n) is 12.6. The van der Waals surface area contributed by atoms with Crippen molar-refractivity contribution in [1.29, 1.82) is 0 Å². The third-order valence-electron chi connectivity index (χ3n) is 8.28. The summed E-state index contributed by atoms with van der Waals surface area (Å²) in [5.74, 6) is -1.71. The predicted octanol–water partition coefficient (Wildman–Crippen LogP) is 3.92. The molecule has 1 saturated carbocycles. The lowest BCUT2D eigenvalue weighted by molar-refractivity contribution is -0.186. The van der Waals surface area contributed by atoms with E-state index in [1.807, 2.05) is 37.3 Å². The van der Waals surface area contributed by atoms with Crippen LogP contribution >= 0.6 is 0 Å². The lowest BCUT2D eigenvalue weighted by Gasteiger charge is -2.42. The molecule has 1 spiro atoms. The van der Waals surface area contributed by atoms with E-state index in [2.05, 4.69) is 0 Å². The Morgan fingerprint density at radius 2 is 1.72 bits per heavy atom. The van der Waals surface area contributed by atoms with E-state index in [1.54, 1.807) is 12.1 Å². The Kier molecular flexibility index (Phi) is 6.70. The minimum atomic E-state index is -3.69. The molecule has 0 aromatic heterocycles. The number of amides is 1. The zero-order valence-corrected chi connectivity index (χ0v) is 21.3. The highest BCUT2D eigenvalue weighted by molar-refractivity contribution is 7.89. The van der Waals surface area contributed by atoms with Gasteiger partial charge in [0, 0.05) is 31.0 Å².